The van der Waals surface area contributed by atoms with Crippen LogP contribution < -0.4 is 10.8 Å². The smallest absolute Gasteiger partial charge is 0.269 e. The minimum absolute atomic E-state index is 0.0687. The average molecular weight is 255 g/mol. The number of nitrogens with zero attached hydrogens (tertiary/aromatic N) is 3. The molecule has 6 nitrogen and oxygen atoms in total. The molecule has 0 aliphatic heterocycles. The van der Waals surface area contributed by atoms with E-state index in [1.165, 1.54) is 22.6 Å². The summed E-state index contributed by atoms with van der Waals surface area (Å²) < 4.78 is 1.37. The molecular weight excluding hydrogens is 246 g/mol. The molecule has 0 bridgehead atoms. The number of benzene rings is 1. The third kappa shape index (κ3) is 1.50. The largest absolute Gasteiger partial charge is 0.271 e. The summed E-state index contributed by atoms with van der Waals surface area (Å²) in [5.74, 6) is 0. The lowest BCUT2D eigenvalue weighted by Crippen LogP contribution is -2.21. The van der Waals surface area contributed by atoms with Crippen LogP contribution in [0, 0.1) is 17.0 Å². The number of pyridine rings is 1. The topological polar surface area (TPSA) is 77.5 Å². The second kappa shape index (κ2) is 3.61. The minimum atomic E-state index is -0.496. The lowest BCUT2D eigenvalue weighted by atomic mass is 10.2. The van der Waals surface area contributed by atoms with Gasteiger partial charge in [-0.2, -0.15) is 0 Å². The molecule has 94 valence electrons. The monoisotopic (exact) mass is 255 g/mol. The zero-order chi connectivity index (χ0) is 13.7. The molecule has 0 atom stereocenters. The van der Waals surface area contributed by atoms with E-state index in [1.807, 2.05) is 0 Å². The molecule has 0 saturated carbocycles. The van der Waals surface area contributed by atoms with Gasteiger partial charge in [-0.1, -0.05) is 6.58 Å². The fourth-order valence-corrected chi connectivity index (χ4v) is 2.16. The van der Waals surface area contributed by atoms with Crippen molar-refractivity contribution >= 4 is 28.9 Å². The van der Waals surface area contributed by atoms with Gasteiger partial charge in [0.2, 0.25) is 0 Å². The quantitative estimate of drug-likeness (QED) is 0.483. The van der Waals surface area contributed by atoms with E-state index in [0.29, 0.717) is 27.5 Å². The molecule has 0 saturated heterocycles. The minimum Gasteiger partial charge on any atom is -0.269 e. The van der Waals surface area contributed by atoms with Gasteiger partial charge in [0.15, 0.2) is 0 Å². The number of aryl methyl sites for hydroxylation is 1. The van der Waals surface area contributed by atoms with Gasteiger partial charge < -0.3 is 0 Å². The van der Waals surface area contributed by atoms with Crippen LogP contribution in [0.4, 0.5) is 5.69 Å². The van der Waals surface area contributed by atoms with Crippen LogP contribution in [0.2, 0.25) is 0 Å². The Morgan fingerprint density at radius 1 is 1.37 bits per heavy atom. The normalized spacial score (nSPS) is 11.2. The van der Waals surface area contributed by atoms with E-state index in [-0.39, 0.29) is 11.2 Å². The Morgan fingerprint density at radius 3 is 2.79 bits per heavy atom. The molecule has 3 rings (SSSR count). The molecule has 0 spiro atoms. The number of imidazole rings is 1. The number of aromatic nitrogens is 2. The van der Waals surface area contributed by atoms with Crippen LogP contribution in [0.3, 0.4) is 0 Å². The summed E-state index contributed by atoms with van der Waals surface area (Å²) in [5.41, 5.74) is 1.64. The molecule has 19 heavy (non-hydrogen) atoms. The first-order valence-corrected chi connectivity index (χ1v) is 5.58. The average Bonchev–Trinajstić information content (AvgIpc) is 2.75. The number of nitro benzene ring substituents is 1. The van der Waals surface area contributed by atoms with Crippen molar-refractivity contribution in [3.05, 3.63) is 55.5 Å². The van der Waals surface area contributed by atoms with Gasteiger partial charge in [-0.05, 0) is 19.1 Å². The molecule has 2 heterocycles. The highest BCUT2D eigenvalue weighted by molar-refractivity contribution is 5.82. The predicted octanol–water partition coefficient (Wildman–Crippen LogP) is 1.19. The Morgan fingerprint density at radius 2 is 2.11 bits per heavy atom. The van der Waals surface area contributed by atoms with Crippen LogP contribution in [0.25, 0.3) is 23.3 Å². The van der Waals surface area contributed by atoms with E-state index in [4.69, 9.17) is 0 Å². The fraction of sp³-hybridized carbons (Fsp3) is 0.0769. The lowest BCUT2D eigenvalue weighted by Gasteiger charge is -1.97. The Labute approximate surface area is 106 Å². The summed E-state index contributed by atoms with van der Waals surface area (Å²) in [7, 11) is 0. The van der Waals surface area contributed by atoms with E-state index < -0.39 is 4.92 Å². The number of rotatable bonds is 1. The van der Waals surface area contributed by atoms with E-state index >= 15 is 0 Å². The summed E-state index contributed by atoms with van der Waals surface area (Å²) >= 11 is 0. The Balaban J connectivity index is 2.61. The molecule has 0 aliphatic carbocycles. The van der Waals surface area contributed by atoms with Crippen LogP contribution in [0.5, 0.6) is 0 Å². The van der Waals surface area contributed by atoms with Gasteiger partial charge in [-0.3, -0.25) is 19.3 Å². The maximum absolute atomic E-state index is 12.2. The maximum atomic E-state index is 12.2. The highest BCUT2D eigenvalue weighted by Crippen LogP contribution is 2.20. The van der Waals surface area contributed by atoms with Crippen molar-refractivity contribution in [1.82, 2.24) is 9.38 Å². The number of nitro groups is 1. The maximum Gasteiger partial charge on any atom is 0.271 e. The standard InChI is InChI=1S/C13H9N3O3/c1-7-5-8(2)13(17)15-11-6-9(16(18)19)3-4-10(11)14-12(7)15/h3-6H,1H2,2H3. The molecule has 0 unspecified atom stereocenters. The molecule has 0 fully saturated rings. The van der Waals surface area contributed by atoms with Gasteiger partial charge in [0.1, 0.15) is 5.65 Å². The van der Waals surface area contributed by atoms with Gasteiger partial charge in [-0.15, -0.1) is 0 Å². The van der Waals surface area contributed by atoms with E-state index in [0.717, 1.165) is 0 Å². The number of fused-ring (bicyclic) bond motifs is 3. The van der Waals surface area contributed by atoms with Crippen molar-refractivity contribution in [2.24, 2.45) is 0 Å². The van der Waals surface area contributed by atoms with E-state index in [2.05, 4.69) is 11.6 Å². The zero-order valence-corrected chi connectivity index (χ0v) is 10.1. The third-order valence-electron chi connectivity index (χ3n) is 3.07. The first-order chi connectivity index (χ1) is 8.99. The van der Waals surface area contributed by atoms with Crippen LogP contribution in [-0.4, -0.2) is 14.3 Å². The molecule has 0 aliphatic rings. The number of hydrogen-bond acceptors (Lipinski definition) is 4. The lowest BCUT2D eigenvalue weighted by molar-refractivity contribution is -0.384. The molecular formula is C13H9N3O3. The van der Waals surface area contributed by atoms with Gasteiger partial charge >= 0.3 is 0 Å². The van der Waals surface area contributed by atoms with Crippen molar-refractivity contribution in [1.29, 1.82) is 0 Å². The van der Waals surface area contributed by atoms with Crippen molar-refractivity contribution in [3.63, 3.8) is 0 Å². The number of hydrogen-bond donors (Lipinski definition) is 0. The van der Waals surface area contributed by atoms with Gasteiger partial charge in [-0.25, -0.2) is 4.98 Å². The highest BCUT2D eigenvalue weighted by Gasteiger charge is 2.13. The second-order valence-electron chi connectivity index (χ2n) is 4.36. The summed E-state index contributed by atoms with van der Waals surface area (Å²) in [6, 6.07) is 5.93. The predicted molar refractivity (Wildman–Crippen MR) is 71.1 cm³/mol. The van der Waals surface area contributed by atoms with Gasteiger partial charge in [0, 0.05) is 22.9 Å². The highest BCUT2D eigenvalue weighted by atomic mass is 16.6. The molecule has 0 amide bonds. The van der Waals surface area contributed by atoms with E-state index in [1.54, 1.807) is 13.0 Å². The molecule has 6 heteroatoms. The summed E-state index contributed by atoms with van der Waals surface area (Å²) in [6.07, 6.45) is 0. The van der Waals surface area contributed by atoms with Gasteiger partial charge in [0.25, 0.3) is 11.2 Å². The fourth-order valence-electron chi connectivity index (χ4n) is 2.16. The summed E-state index contributed by atoms with van der Waals surface area (Å²) in [4.78, 5) is 26.8. The van der Waals surface area contributed by atoms with Crippen molar-refractivity contribution in [2.45, 2.75) is 6.92 Å². The Bertz CT molecular complexity index is 943. The van der Waals surface area contributed by atoms with Crippen LogP contribution in [0.1, 0.15) is 5.56 Å². The van der Waals surface area contributed by atoms with Crippen molar-refractivity contribution in [2.75, 3.05) is 0 Å². The molecule has 0 N–H and O–H groups in total. The second-order valence-corrected chi connectivity index (χ2v) is 4.36. The first-order valence-electron chi connectivity index (χ1n) is 5.58. The summed E-state index contributed by atoms with van der Waals surface area (Å²) in [5, 5.41) is 11.4. The van der Waals surface area contributed by atoms with Crippen LogP contribution in [0.15, 0.2) is 29.1 Å². The number of non-ortho nitro benzene ring substituents is 1. The molecule has 2 aromatic heterocycles. The van der Waals surface area contributed by atoms with Gasteiger partial charge in [0.05, 0.1) is 16.0 Å². The molecule has 3 aromatic rings. The van der Waals surface area contributed by atoms with Crippen molar-refractivity contribution < 1.29 is 4.92 Å². The van der Waals surface area contributed by atoms with Crippen molar-refractivity contribution in [3.8, 4) is 0 Å². The Kier molecular flexibility index (Phi) is 2.16. The van der Waals surface area contributed by atoms with Crippen LogP contribution in [-0.2, 0) is 0 Å². The SMILES string of the molecule is C=c1cc(C)c(=O)n2c1nc1ccc([N+](=O)[O-])cc12. The third-order valence-corrected chi connectivity index (χ3v) is 3.07. The van der Waals surface area contributed by atoms with Crippen LogP contribution >= 0.6 is 0 Å². The summed E-state index contributed by atoms with van der Waals surface area (Å²) in [6.45, 7) is 5.53. The first kappa shape index (κ1) is 11.3. The van der Waals surface area contributed by atoms with E-state index in [9.17, 15) is 14.9 Å². The Hall–Kier alpha value is -2.76. The molecule has 1 aromatic carbocycles. The zero-order valence-electron chi connectivity index (χ0n) is 10.1. The molecule has 0 radical (unpaired) electrons.